The predicted octanol–water partition coefficient (Wildman–Crippen LogP) is 3.61. The van der Waals surface area contributed by atoms with Gasteiger partial charge < -0.3 is 4.42 Å². The Morgan fingerprint density at radius 1 is 1.45 bits per heavy atom. The van der Waals surface area contributed by atoms with Crippen molar-refractivity contribution < 1.29 is 9.21 Å². The average molecular weight is 289 g/mol. The number of carbonyl (C=O) groups excluding carboxylic acids is 1. The monoisotopic (exact) mass is 288 g/mol. The minimum absolute atomic E-state index is 0.165. The number of rotatable bonds is 3. The summed E-state index contributed by atoms with van der Waals surface area (Å²) in [6, 6.07) is 7.15. The molecule has 20 heavy (non-hydrogen) atoms. The number of nitrogens with zero attached hydrogens (tertiary/aromatic N) is 2. The molecule has 0 aliphatic heterocycles. The van der Waals surface area contributed by atoms with Crippen LogP contribution >= 0.6 is 11.6 Å². The maximum Gasteiger partial charge on any atom is 0.231 e. The van der Waals surface area contributed by atoms with Crippen LogP contribution in [0.5, 0.6) is 0 Å². The summed E-state index contributed by atoms with van der Waals surface area (Å²) in [6.07, 6.45) is 2.42. The Kier molecular flexibility index (Phi) is 3.10. The van der Waals surface area contributed by atoms with Gasteiger partial charge in [-0.15, -0.1) is 0 Å². The Morgan fingerprint density at radius 3 is 2.95 bits per heavy atom. The fourth-order valence-electron chi connectivity index (χ4n) is 2.26. The molecule has 0 unspecified atom stereocenters. The first-order valence-electron chi connectivity index (χ1n) is 6.35. The maximum absolute atomic E-state index is 12.5. The number of halogens is 1. The van der Waals surface area contributed by atoms with E-state index in [9.17, 15) is 4.79 Å². The van der Waals surface area contributed by atoms with Crippen molar-refractivity contribution in [3.05, 3.63) is 52.5 Å². The molecule has 5 heteroatoms. The zero-order chi connectivity index (χ0) is 14.3. The maximum atomic E-state index is 12.5. The number of fused-ring (bicyclic) bond motifs is 1. The molecule has 0 N–H and O–H groups in total. The van der Waals surface area contributed by atoms with Crippen molar-refractivity contribution in [1.82, 2.24) is 9.78 Å². The van der Waals surface area contributed by atoms with Gasteiger partial charge in [-0.1, -0.05) is 30.7 Å². The summed E-state index contributed by atoms with van der Waals surface area (Å²) in [5.41, 5.74) is 1.88. The van der Waals surface area contributed by atoms with Crippen LogP contribution in [0.4, 0.5) is 0 Å². The molecule has 3 rings (SSSR count). The van der Waals surface area contributed by atoms with Gasteiger partial charge in [0, 0.05) is 18.6 Å². The fraction of sp³-hybridized carbons (Fsp3) is 0.200. The van der Waals surface area contributed by atoms with E-state index in [1.165, 1.54) is 0 Å². The number of furan rings is 1. The molecule has 0 spiro atoms. The van der Waals surface area contributed by atoms with E-state index in [-0.39, 0.29) is 11.5 Å². The molecule has 0 aliphatic rings. The quantitative estimate of drug-likeness (QED) is 0.692. The molecule has 0 amide bonds. The van der Waals surface area contributed by atoms with Crippen LogP contribution in [0.15, 0.2) is 34.9 Å². The molecule has 0 fully saturated rings. The summed E-state index contributed by atoms with van der Waals surface area (Å²) in [5, 5.41) is 5.60. The number of para-hydroxylation sites is 1. The Labute approximate surface area is 120 Å². The Balaban J connectivity index is 2.10. The molecule has 0 aliphatic carbocycles. The number of hydrogen-bond donors (Lipinski definition) is 0. The molecular weight excluding hydrogens is 276 g/mol. The van der Waals surface area contributed by atoms with Crippen molar-refractivity contribution in [2.45, 2.75) is 13.3 Å². The van der Waals surface area contributed by atoms with E-state index < -0.39 is 0 Å². The van der Waals surface area contributed by atoms with E-state index in [1.807, 2.05) is 19.1 Å². The van der Waals surface area contributed by atoms with E-state index in [4.69, 9.17) is 16.0 Å². The highest BCUT2D eigenvalue weighted by Crippen LogP contribution is 2.28. The normalized spacial score (nSPS) is 11.2. The fourth-order valence-corrected chi connectivity index (χ4v) is 2.48. The van der Waals surface area contributed by atoms with Gasteiger partial charge in [0.1, 0.15) is 0 Å². The third-order valence-corrected chi connectivity index (χ3v) is 3.50. The van der Waals surface area contributed by atoms with Crippen molar-refractivity contribution in [3.63, 3.8) is 0 Å². The van der Waals surface area contributed by atoms with Crippen LogP contribution in [0.2, 0.25) is 5.02 Å². The number of aryl methyl sites for hydroxylation is 2. The third-order valence-electron chi connectivity index (χ3n) is 3.20. The largest absolute Gasteiger partial charge is 0.451 e. The van der Waals surface area contributed by atoms with E-state index in [0.717, 1.165) is 11.1 Å². The van der Waals surface area contributed by atoms with Crippen molar-refractivity contribution in [1.29, 1.82) is 0 Å². The van der Waals surface area contributed by atoms with Crippen LogP contribution in [0.3, 0.4) is 0 Å². The number of benzene rings is 1. The predicted molar refractivity (Wildman–Crippen MR) is 77.2 cm³/mol. The van der Waals surface area contributed by atoms with Crippen LogP contribution < -0.4 is 0 Å². The van der Waals surface area contributed by atoms with Crippen molar-refractivity contribution in [3.8, 4) is 0 Å². The second-order valence-corrected chi connectivity index (χ2v) is 5.02. The second kappa shape index (κ2) is 4.80. The van der Waals surface area contributed by atoms with Gasteiger partial charge in [-0.3, -0.25) is 9.48 Å². The van der Waals surface area contributed by atoms with Gasteiger partial charge in [0.15, 0.2) is 11.3 Å². The van der Waals surface area contributed by atoms with Gasteiger partial charge in [-0.05, 0) is 18.6 Å². The molecule has 2 heterocycles. The molecule has 2 aromatic heterocycles. The van der Waals surface area contributed by atoms with Gasteiger partial charge in [0.05, 0.1) is 16.3 Å². The number of hydrogen-bond acceptors (Lipinski definition) is 3. The summed E-state index contributed by atoms with van der Waals surface area (Å²) < 4.78 is 7.25. The van der Waals surface area contributed by atoms with Crippen LogP contribution in [0.25, 0.3) is 11.0 Å². The minimum atomic E-state index is -0.165. The SMILES string of the molecule is CCc1nn(C)cc1C(=O)c1cc2cccc(Cl)c2o1. The summed E-state index contributed by atoms with van der Waals surface area (Å²) >= 11 is 6.06. The summed E-state index contributed by atoms with van der Waals surface area (Å²) in [6.45, 7) is 1.97. The van der Waals surface area contributed by atoms with Crippen LogP contribution in [0, 0.1) is 0 Å². The highest BCUT2D eigenvalue weighted by molar-refractivity contribution is 6.35. The first kappa shape index (κ1) is 12.9. The molecule has 0 saturated heterocycles. The summed E-state index contributed by atoms with van der Waals surface area (Å²) in [7, 11) is 1.80. The van der Waals surface area contributed by atoms with E-state index in [2.05, 4.69) is 5.10 Å². The summed E-state index contributed by atoms with van der Waals surface area (Å²) in [4.78, 5) is 12.5. The highest BCUT2D eigenvalue weighted by Gasteiger charge is 2.20. The number of ketones is 1. The lowest BCUT2D eigenvalue weighted by Crippen LogP contribution is -2.01. The van der Waals surface area contributed by atoms with Gasteiger partial charge in [-0.2, -0.15) is 5.10 Å². The number of carbonyl (C=O) groups is 1. The van der Waals surface area contributed by atoms with E-state index in [0.29, 0.717) is 22.6 Å². The molecule has 4 nitrogen and oxygen atoms in total. The molecule has 102 valence electrons. The second-order valence-electron chi connectivity index (χ2n) is 4.61. The van der Waals surface area contributed by atoms with Crippen LogP contribution in [-0.4, -0.2) is 15.6 Å². The van der Waals surface area contributed by atoms with E-state index in [1.54, 1.807) is 30.1 Å². The lowest BCUT2D eigenvalue weighted by molar-refractivity contribution is 0.101. The topological polar surface area (TPSA) is 48.0 Å². The van der Waals surface area contributed by atoms with Gasteiger partial charge in [-0.25, -0.2) is 0 Å². The Morgan fingerprint density at radius 2 is 2.25 bits per heavy atom. The molecular formula is C15H13ClN2O2. The molecule has 0 bridgehead atoms. The van der Waals surface area contributed by atoms with Crippen molar-refractivity contribution >= 4 is 28.4 Å². The zero-order valence-corrected chi connectivity index (χ0v) is 11.9. The van der Waals surface area contributed by atoms with E-state index >= 15 is 0 Å². The smallest absolute Gasteiger partial charge is 0.231 e. The molecule has 0 radical (unpaired) electrons. The molecule has 3 aromatic rings. The lowest BCUT2D eigenvalue weighted by atomic mass is 10.1. The molecule has 0 atom stereocenters. The van der Waals surface area contributed by atoms with Crippen molar-refractivity contribution in [2.75, 3.05) is 0 Å². The number of aromatic nitrogens is 2. The van der Waals surface area contributed by atoms with Crippen molar-refractivity contribution in [2.24, 2.45) is 7.05 Å². The molecule has 1 aromatic carbocycles. The first-order chi connectivity index (χ1) is 9.60. The van der Waals surface area contributed by atoms with Gasteiger partial charge >= 0.3 is 0 Å². The van der Waals surface area contributed by atoms with Gasteiger partial charge in [0.25, 0.3) is 0 Å². The first-order valence-corrected chi connectivity index (χ1v) is 6.73. The van der Waals surface area contributed by atoms with Gasteiger partial charge in [0.2, 0.25) is 5.78 Å². The lowest BCUT2D eigenvalue weighted by Gasteiger charge is -1.95. The Bertz CT molecular complexity index is 801. The average Bonchev–Trinajstić information content (AvgIpc) is 3.02. The van der Waals surface area contributed by atoms with Crippen LogP contribution in [0.1, 0.15) is 28.7 Å². The highest BCUT2D eigenvalue weighted by atomic mass is 35.5. The molecule has 0 saturated carbocycles. The summed E-state index contributed by atoms with van der Waals surface area (Å²) in [5.74, 6) is 0.123. The Hall–Kier alpha value is -2.07. The van der Waals surface area contributed by atoms with Crippen LogP contribution in [-0.2, 0) is 13.5 Å². The minimum Gasteiger partial charge on any atom is -0.451 e. The third kappa shape index (κ3) is 2.02. The zero-order valence-electron chi connectivity index (χ0n) is 11.2. The standard InChI is InChI=1S/C15H13ClN2O2/c1-3-12-10(8-18(2)17-12)14(19)13-7-9-5-4-6-11(16)15(9)20-13/h4-8H,3H2,1-2H3.